The number of Topliss-reactive ketones (excluding diaryl/α,β-unsaturated/α-hetero) is 1. The van der Waals surface area contributed by atoms with Crippen LogP contribution in [-0.4, -0.2) is 22.4 Å². The predicted molar refractivity (Wildman–Crippen MR) is 107 cm³/mol. The average Bonchev–Trinajstić information content (AvgIpc) is 3.30. The van der Waals surface area contributed by atoms with E-state index in [9.17, 15) is 9.18 Å². The SMILES string of the molecule is C/C(=C\c1sc(-c2nccs2)nc1C(=O)CCc1ccc(C)cc1)CF. The Kier molecular flexibility index (Phi) is 6.06. The fourth-order valence-electron chi connectivity index (χ4n) is 2.44. The molecule has 0 radical (unpaired) electrons. The fourth-order valence-corrected chi connectivity index (χ4v) is 4.23. The summed E-state index contributed by atoms with van der Waals surface area (Å²) >= 11 is 2.86. The van der Waals surface area contributed by atoms with Crippen molar-refractivity contribution >= 4 is 34.5 Å². The molecule has 0 N–H and O–H groups in total. The van der Waals surface area contributed by atoms with Crippen molar-refractivity contribution < 1.29 is 9.18 Å². The number of aryl methyl sites for hydroxylation is 2. The molecule has 0 aliphatic rings. The second-order valence-electron chi connectivity index (χ2n) is 6.10. The Morgan fingerprint density at radius 2 is 2.00 bits per heavy atom. The van der Waals surface area contributed by atoms with Gasteiger partial charge in [-0.05, 0) is 37.5 Å². The van der Waals surface area contributed by atoms with Gasteiger partial charge in [-0.3, -0.25) is 4.79 Å². The number of rotatable bonds is 7. The van der Waals surface area contributed by atoms with Crippen LogP contribution in [0.1, 0.15) is 39.8 Å². The standard InChI is InChI=1S/C20H19FN2OS2/c1-13-3-5-15(6-4-13)7-8-16(24)18-17(11-14(2)12-21)26-20(23-18)19-22-9-10-25-19/h3-6,9-11H,7-8,12H2,1-2H3/b14-11+. The topological polar surface area (TPSA) is 42.9 Å². The summed E-state index contributed by atoms with van der Waals surface area (Å²) in [6.45, 7) is 3.21. The molecule has 0 fully saturated rings. The van der Waals surface area contributed by atoms with Crippen LogP contribution in [0, 0.1) is 6.92 Å². The number of carbonyl (C=O) groups excluding carboxylic acids is 1. The Balaban J connectivity index is 1.84. The van der Waals surface area contributed by atoms with Crippen LogP contribution in [0.15, 0.2) is 41.4 Å². The summed E-state index contributed by atoms with van der Waals surface area (Å²) in [6, 6.07) is 8.17. The third kappa shape index (κ3) is 4.51. The number of halogens is 1. The molecule has 0 unspecified atom stereocenters. The lowest BCUT2D eigenvalue weighted by Gasteiger charge is -2.02. The van der Waals surface area contributed by atoms with Crippen LogP contribution in [0.25, 0.3) is 16.1 Å². The van der Waals surface area contributed by atoms with Gasteiger partial charge >= 0.3 is 0 Å². The lowest BCUT2D eigenvalue weighted by molar-refractivity contribution is 0.0978. The Morgan fingerprint density at radius 1 is 1.23 bits per heavy atom. The van der Waals surface area contributed by atoms with E-state index < -0.39 is 6.67 Å². The van der Waals surface area contributed by atoms with Crippen LogP contribution in [0.3, 0.4) is 0 Å². The lowest BCUT2D eigenvalue weighted by Crippen LogP contribution is -2.04. The number of hydrogen-bond donors (Lipinski definition) is 0. The second kappa shape index (κ2) is 8.47. The van der Waals surface area contributed by atoms with Gasteiger partial charge in [0.25, 0.3) is 0 Å². The Hall–Kier alpha value is -2.18. The average molecular weight is 387 g/mol. The quantitative estimate of drug-likeness (QED) is 0.485. The van der Waals surface area contributed by atoms with Crippen LogP contribution >= 0.6 is 22.7 Å². The van der Waals surface area contributed by atoms with Crippen molar-refractivity contribution in [3.05, 3.63) is 63.1 Å². The molecule has 0 bridgehead atoms. The highest BCUT2D eigenvalue weighted by Gasteiger charge is 2.19. The Labute approximate surface area is 160 Å². The van der Waals surface area contributed by atoms with E-state index in [1.165, 1.54) is 28.2 Å². The van der Waals surface area contributed by atoms with Crippen LogP contribution in [0.2, 0.25) is 0 Å². The molecule has 3 aromatic rings. The lowest BCUT2D eigenvalue weighted by atomic mass is 10.0. The molecule has 0 saturated heterocycles. The minimum absolute atomic E-state index is 0.0254. The van der Waals surface area contributed by atoms with E-state index in [1.807, 2.05) is 36.6 Å². The first-order chi connectivity index (χ1) is 12.6. The van der Waals surface area contributed by atoms with Gasteiger partial charge in [0, 0.05) is 18.0 Å². The van der Waals surface area contributed by atoms with Crippen LogP contribution < -0.4 is 0 Å². The number of hydrogen-bond acceptors (Lipinski definition) is 5. The van der Waals surface area contributed by atoms with Gasteiger partial charge in [-0.2, -0.15) is 0 Å². The van der Waals surface area contributed by atoms with Crippen LogP contribution in [-0.2, 0) is 6.42 Å². The molecule has 134 valence electrons. The molecule has 3 nitrogen and oxygen atoms in total. The zero-order valence-electron chi connectivity index (χ0n) is 14.7. The highest BCUT2D eigenvalue weighted by atomic mass is 32.1. The first-order valence-corrected chi connectivity index (χ1v) is 9.99. The van der Waals surface area contributed by atoms with Gasteiger partial charge in [-0.15, -0.1) is 22.7 Å². The van der Waals surface area contributed by atoms with E-state index >= 15 is 0 Å². The van der Waals surface area contributed by atoms with Gasteiger partial charge in [0.1, 0.15) is 12.4 Å². The summed E-state index contributed by atoms with van der Waals surface area (Å²) in [5, 5.41) is 3.36. The van der Waals surface area contributed by atoms with Crippen molar-refractivity contribution in [3.63, 3.8) is 0 Å². The van der Waals surface area contributed by atoms with Gasteiger partial charge in [0.15, 0.2) is 15.8 Å². The highest BCUT2D eigenvalue weighted by molar-refractivity contribution is 7.21. The molecule has 0 aliphatic carbocycles. The summed E-state index contributed by atoms with van der Waals surface area (Å²) in [4.78, 5) is 22.2. The van der Waals surface area contributed by atoms with Gasteiger partial charge in [0.05, 0.1) is 4.88 Å². The Bertz CT molecular complexity index is 912. The van der Waals surface area contributed by atoms with E-state index in [1.54, 1.807) is 19.2 Å². The zero-order valence-corrected chi connectivity index (χ0v) is 16.3. The minimum atomic E-state index is -0.540. The highest BCUT2D eigenvalue weighted by Crippen LogP contribution is 2.31. The number of carbonyl (C=O) groups is 1. The molecule has 0 atom stereocenters. The van der Waals surface area contributed by atoms with Crippen LogP contribution in [0.4, 0.5) is 4.39 Å². The van der Waals surface area contributed by atoms with Crippen molar-refractivity contribution in [2.24, 2.45) is 0 Å². The van der Waals surface area contributed by atoms with Gasteiger partial charge in [0.2, 0.25) is 0 Å². The number of allylic oxidation sites excluding steroid dienone is 1. The molecule has 26 heavy (non-hydrogen) atoms. The van der Waals surface area contributed by atoms with E-state index in [4.69, 9.17) is 0 Å². The fraction of sp³-hybridized carbons (Fsp3) is 0.250. The summed E-state index contributed by atoms with van der Waals surface area (Å²) in [5.41, 5.74) is 3.31. The molecule has 0 aliphatic heterocycles. The third-order valence-corrected chi connectivity index (χ3v) is 5.80. The number of benzene rings is 1. The first kappa shape index (κ1) is 18.6. The van der Waals surface area contributed by atoms with Crippen LogP contribution in [0.5, 0.6) is 0 Å². The van der Waals surface area contributed by atoms with Crippen molar-refractivity contribution in [1.29, 1.82) is 0 Å². The van der Waals surface area contributed by atoms with Crippen molar-refractivity contribution in [2.75, 3.05) is 6.67 Å². The predicted octanol–water partition coefficient (Wildman–Crippen LogP) is 5.76. The zero-order chi connectivity index (χ0) is 18.5. The third-order valence-electron chi connectivity index (χ3n) is 3.88. The molecular weight excluding hydrogens is 367 g/mol. The smallest absolute Gasteiger partial charge is 0.183 e. The second-order valence-corrected chi connectivity index (χ2v) is 8.03. The number of nitrogens with zero attached hydrogens (tertiary/aromatic N) is 2. The largest absolute Gasteiger partial charge is 0.292 e. The van der Waals surface area contributed by atoms with Crippen molar-refractivity contribution in [3.8, 4) is 10.0 Å². The van der Waals surface area contributed by atoms with Crippen molar-refractivity contribution in [2.45, 2.75) is 26.7 Å². The molecule has 0 amide bonds. The molecule has 1 aromatic carbocycles. The van der Waals surface area contributed by atoms with Gasteiger partial charge in [-0.25, -0.2) is 14.4 Å². The van der Waals surface area contributed by atoms with Crippen molar-refractivity contribution in [1.82, 2.24) is 9.97 Å². The van der Waals surface area contributed by atoms with Gasteiger partial charge in [-0.1, -0.05) is 29.8 Å². The van der Waals surface area contributed by atoms with Gasteiger partial charge < -0.3 is 0 Å². The number of ketones is 1. The monoisotopic (exact) mass is 386 g/mol. The molecule has 2 heterocycles. The summed E-state index contributed by atoms with van der Waals surface area (Å²) < 4.78 is 12.9. The summed E-state index contributed by atoms with van der Waals surface area (Å²) in [5.74, 6) is -0.0254. The molecule has 2 aromatic heterocycles. The van der Waals surface area contributed by atoms with E-state index in [0.717, 1.165) is 10.6 Å². The molecule has 3 rings (SSSR count). The number of thiazole rings is 2. The summed E-state index contributed by atoms with van der Waals surface area (Å²) in [7, 11) is 0. The minimum Gasteiger partial charge on any atom is -0.292 e. The molecular formula is C20H19FN2OS2. The maximum atomic E-state index is 12.9. The van der Waals surface area contributed by atoms with E-state index in [-0.39, 0.29) is 5.78 Å². The molecule has 0 saturated carbocycles. The number of aromatic nitrogens is 2. The summed E-state index contributed by atoms with van der Waals surface area (Å²) in [6.07, 6.45) is 4.46. The first-order valence-electron chi connectivity index (χ1n) is 8.29. The van der Waals surface area contributed by atoms with E-state index in [0.29, 0.717) is 34.0 Å². The maximum Gasteiger partial charge on any atom is 0.183 e. The molecule has 6 heteroatoms. The Morgan fingerprint density at radius 3 is 2.65 bits per heavy atom. The number of alkyl halides is 1. The maximum absolute atomic E-state index is 12.9. The normalized spacial score (nSPS) is 11.7. The van der Waals surface area contributed by atoms with E-state index in [2.05, 4.69) is 9.97 Å². The molecule has 0 spiro atoms.